The molecule has 0 amide bonds. The van der Waals surface area contributed by atoms with Crippen molar-refractivity contribution in [2.24, 2.45) is 0 Å². The maximum atomic E-state index is 6.03. The van der Waals surface area contributed by atoms with Crippen LogP contribution in [0.15, 0.2) is 12.1 Å². The van der Waals surface area contributed by atoms with Gasteiger partial charge in [-0.05, 0) is 13.8 Å². The van der Waals surface area contributed by atoms with Gasteiger partial charge in [0.25, 0.3) is 0 Å². The third-order valence-corrected chi connectivity index (χ3v) is 3.22. The molecule has 5 nitrogen and oxygen atoms in total. The summed E-state index contributed by atoms with van der Waals surface area (Å²) in [5, 5.41) is 0. The van der Waals surface area contributed by atoms with Crippen LogP contribution in [0.2, 0.25) is 0 Å². The predicted octanol–water partition coefficient (Wildman–Crippen LogP) is 2.46. The summed E-state index contributed by atoms with van der Waals surface area (Å²) < 4.78 is 16.7. The molecule has 0 radical (unpaired) electrons. The van der Waals surface area contributed by atoms with E-state index in [9.17, 15) is 0 Å². The zero-order chi connectivity index (χ0) is 14.0. The van der Waals surface area contributed by atoms with Gasteiger partial charge in [0.1, 0.15) is 22.8 Å². The van der Waals surface area contributed by atoms with Crippen molar-refractivity contribution in [1.29, 1.82) is 0 Å². The van der Waals surface area contributed by atoms with E-state index in [0.29, 0.717) is 5.75 Å². The molecule has 5 heteroatoms. The molecule has 0 saturated heterocycles. The molecule has 0 fully saturated rings. The Morgan fingerprint density at radius 3 is 2.53 bits per heavy atom. The fourth-order valence-electron chi connectivity index (χ4n) is 2.47. The molecule has 106 valence electrons. The summed E-state index contributed by atoms with van der Waals surface area (Å²) in [6.45, 7) is 4.10. The van der Waals surface area contributed by atoms with E-state index >= 15 is 0 Å². The predicted molar refractivity (Wildman–Crippen MR) is 71.8 cm³/mol. The summed E-state index contributed by atoms with van der Waals surface area (Å²) >= 11 is 0. The Morgan fingerprint density at radius 2 is 1.95 bits per heavy atom. The second-order valence-corrected chi connectivity index (χ2v) is 5.18. The lowest BCUT2D eigenvalue weighted by molar-refractivity contribution is 0.00180. The number of hydrogen-bond donors (Lipinski definition) is 1. The molecule has 1 aliphatic heterocycles. The van der Waals surface area contributed by atoms with Gasteiger partial charge < -0.3 is 19.0 Å². The lowest BCUT2D eigenvalue weighted by Gasteiger charge is -2.38. The molecule has 1 aromatic carbocycles. The monoisotopic (exact) mass is 267 g/mol. The van der Waals surface area contributed by atoms with Crippen molar-refractivity contribution in [2.75, 3.05) is 21.3 Å². The van der Waals surface area contributed by atoms with E-state index in [1.807, 2.05) is 26.0 Å². The van der Waals surface area contributed by atoms with E-state index in [-0.39, 0.29) is 11.6 Å². The zero-order valence-corrected chi connectivity index (χ0v) is 12.1. The highest BCUT2D eigenvalue weighted by molar-refractivity contribution is 5.53. The maximum Gasteiger partial charge on any atom is 0.132 e. The largest absolute Gasteiger partial charge is 0.496 e. The topological polar surface area (TPSA) is 49.0 Å². The minimum atomic E-state index is -0.277. The van der Waals surface area contributed by atoms with E-state index in [1.54, 1.807) is 21.3 Å². The Hall–Kier alpha value is -1.46. The molecule has 1 N–H and O–H groups in total. The summed E-state index contributed by atoms with van der Waals surface area (Å²) in [7, 11) is 4.87. The van der Waals surface area contributed by atoms with Crippen LogP contribution in [0.4, 0.5) is 0 Å². The van der Waals surface area contributed by atoms with Gasteiger partial charge in [0.15, 0.2) is 0 Å². The fraction of sp³-hybridized carbons (Fsp3) is 0.571. The van der Waals surface area contributed by atoms with Gasteiger partial charge in [0.05, 0.1) is 32.9 Å². The van der Waals surface area contributed by atoms with Crippen molar-refractivity contribution in [2.45, 2.75) is 31.9 Å². The van der Waals surface area contributed by atoms with Gasteiger partial charge in [-0.3, -0.25) is 0 Å². The molecule has 0 spiro atoms. The van der Waals surface area contributed by atoms with Gasteiger partial charge in [-0.25, -0.2) is 0 Å². The fourth-order valence-corrected chi connectivity index (χ4v) is 2.47. The molecule has 0 bridgehead atoms. The van der Waals surface area contributed by atoms with Crippen molar-refractivity contribution in [1.82, 2.24) is 5.48 Å². The Labute approximate surface area is 113 Å². The average molecular weight is 267 g/mol. The third-order valence-electron chi connectivity index (χ3n) is 3.22. The average Bonchev–Trinajstić information content (AvgIpc) is 2.35. The quantitative estimate of drug-likeness (QED) is 0.849. The molecule has 1 unspecified atom stereocenters. The summed E-state index contributed by atoms with van der Waals surface area (Å²) in [6.07, 6.45) is 0.788. The number of fused-ring (bicyclic) bond motifs is 1. The molecule has 19 heavy (non-hydrogen) atoms. The van der Waals surface area contributed by atoms with Gasteiger partial charge in [0.2, 0.25) is 0 Å². The Balaban J connectivity index is 2.52. The molecule has 0 aromatic heterocycles. The number of methoxy groups -OCH3 is 2. The molecular formula is C14H21NO4. The Bertz CT molecular complexity index is 459. The number of nitrogens with one attached hydrogen (secondary N) is 1. The molecule has 0 saturated carbocycles. The van der Waals surface area contributed by atoms with Crippen LogP contribution in [0.1, 0.15) is 31.9 Å². The summed E-state index contributed by atoms with van der Waals surface area (Å²) in [5.74, 6) is 2.21. The van der Waals surface area contributed by atoms with Crippen LogP contribution in [0, 0.1) is 0 Å². The maximum absolute atomic E-state index is 6.03. The first-order chi connectivity index (χ1) is 9.00. The SMILES string of the molecule is CONC1CC(C)(C)Oc2cc(OC)cc(OC)c21. The van der Waals surface area contributed by atoms with E-state index in [4.69, 9.17) is 19.0 Å². The number of hydroxylamine groups is 1. The normalized spacial score (nSPS) is 20.4. The van der Waals surface area contributed by atoms with Crippen LogP contribution < -0.4 is 19.7 Å². The second kappa shape index (κ2) is 5.27. The number of hydrogen-bond acceptors (Lipinski definition) is 5. The summed E-state index contributed by atoms with van der Waals surface area (Å²) in [5.41, 5.74) is 3.69. The number of rotatable bonds is 4. The highest BCUT2D eigenvalue weighted by atomic mass is 16.6. The highest BCUT2D eigenvalue weighted by Crippen LogP contribution is 2.46. The minimum Gasteiger partial charge on any atom is -0.496 e. The van der Waals surface area contributed by atoms with Gasteiger partial charge in [0, 0.05) is 18.6 Å². The number of ether oxygens (including phenoxy) is 3. The zero-order valence-electron chi connectivity index (χ0n) is 12.1. The van der Waals surface area contributed by atoms with Crippen molar-refractivity contribution in [3.63, 3.8) is 0 Å². The van der Waals surface area contributed by atoms with Crippen LogP contribution in [-0.2, 0) is 4.84 Å². The third kappa shape index (κ3) is 2.77. The number of benzene rings is 1. The van der Waals surface area contributed by atoms with Crippen LogP contribution >= 0.6 is 0 Å². The molecule has 1 heterocycles. The van der Waals surface area contributed by atoms with Crippen LogP contribution in [0.5, 0.6) is 17.2 Å². The Morgan fingerprint density at radius 1 is 1.21 bits per heavy atom. The van der Waals surface area contributed by atoms with E-state index in [0.717, 1.165) is 23.5 Å². The first kappa shape index (κ1) is 14.0. The molecule has 0 aliphatic carbocycles. The molecule has 1 aromatic rings. The molecule has 1 atom stereocenters. The highest BCUT2D eigenvalue weighted by Gasteiger charge is 2.36. The van der Waals surface area contributed by atoms with Gasteiger partial charge in [-0.1, -0.05) is 0 Å². The smallest absolute Gasteiger partial charge is 0.132 e. The molecule has 1 aliphatic rings. The van der Waals surface area contributed by atoms with Gasteiger partial charge in [-0.2, -0.15) is 5.48 Å². The van der Waals surface area contributed by atoms with Crippen LogP contribution in [0.3, 0.4) is 0 Å². The lowest BCUT2D eigenvalue weighted by Crippen LogP contribution is -2.39. The van der Waals surface area contributed by atoms with Crippen molar-refractivity contribution >= 4 is 0 Å². The molecular weight excluding hydrogens is 246 g/mol. The van der Waals surface area contributed by atoms with E-state index in [2.05, 4.69) is 5.48 Å². The van der Waals surface area contributed by atoms with E-state index < -0.39 is 0 Å². The van der Waals surface area contributed by atoms with Crippen LogP contribution in [0.25, 0.3) is 0 Å². The van der Waals surface area contributed by atoms with E-state index in [1.165, 1.54) is 0 Å². The first-order valence-electron chi connectivity index (χ1n) is 6.24. The van der Waals surface area contributed by atoms with Gasteiger partial charge in [-0.15, -0.1) is 0 Å². The standard InChI is InChI=1S/C14H21NO4/c1-14(2)8-10(15-18-5)13-11(17-4)6-9(16-3)7-12(13)19-14/h6-7,10,15H,8H2,1-5H3. The second-order valence-electron chi connectivity index (χ2n) is 5.18. The van der Waals surface area contributed by atoms with Crippen molar-refractivity contribution in [3.05, 3.63) is 17.7 Å². The molecule has 2 rings (SSSR count). The van der Waals surface area contributed by atoms with Crippen molar-refractivity contribution < 1.29 is 19.0 Å². The lowest BCUT2D eigenvalue weighted by atomic mass is 9.89. The minimum absolute atomic E-state index is 0.0182. The van der Waals surface area contributed by atoms with Gasteiger partial charge >= 0.3 is 0 Å². The first-order valence-corrected chi connectivity index (χ1v) is 6.24. The summed E-state index contributed by atoms with van der Waals surface area (Å²) in [4.78, 5) is 5.10. The van der Waals surface area contributed by atoms with Crippen LogP contribution in [-0.4, -0.2) is 26.9 Å². The van der Waals surface area contributed by atoms with Crippen molar-refractivity contribution in [3.8, 4) is 17.2 Å². The summed E-state index contributed by atoms with van der Waals surface area (Å²) in [6, 6.07) is 3.75. The Kier molecular flexibility index (Phi) is 3.87.